The third kappa shape index (κ3) is 4.89. The fraction of sp³-hybridized carbons (Fsp3) is 1.00. The molecule has 182 valence electrons. The third-order valence-corrected chi connectivity index (χ3v) is 5.97. The Labute approximate surface area is 178 Å². The van der Waals surface area contributed by atoms with E-state index in [0.717, 1.165) is 0 Å². The van der Waals surface area contributed by atoms with Crippen molar-refractivity contribution in [1.82, 2.24) is 0 Å². The minimum Gasteiger partial charge on any atom is -0.388 e. The average Bonchev–Trinajstić information content (AvgIpc) is 2.72. The number of aliphatic hydroxyl groups excluding tert-OH is 8. The zero-order chi connectivity index (χ0) is 23.2. The predicted molar refractivity (Wildman–Crippen MR) is 97.0 cm³/mol. The van der Waals surface area contributed by atoms with Crippen molar-refractivity contribution in [2.75, 3.05) is 0 Å². The fourth-order valence-electron chi connectivity index (χ4n) is 3.91. The van der Waals surface area contributed by atoms with Gasteiger partial charge >= 0.3 is 0 Å². The molecule has 3 heterocycles. The Morgan fingerprint density at radius 1 is 0.452 bits per heavy atom. The van der Waals surface area contributed by atoms with Crippen molar-refractivity contribution in [1.29, 1.82) is 0 Å². The summed E-state index contributed by atoms with van der Waals surface area (Å²) in [6.45, 7) is 4.39. The van der Waals surface area contributed by atoms with Gasteiger partial charge in [-0.3, -0.25) is 0 Å². The molecule has 0 aromatic carbocycles. The Kier molecular flexibility index (Phi) is 7.91. The molecule has 3 fully saturated rings. The molecule has 0 radical (unpaired) electrons. The highest BCUT2D eigenvalue weighted by Crippen LogP contribution is 2.32. The summed E-state index contributed by atoms with van der Waals surface area (Å²) in [6, 6.07) is 0. The summed E-state index contributed by atoms with van der Waals surface area (Å²) in [5.74, 6) is 0. The lowest BCUT2D eigenvalue weighted by molar-refractivity contribution is -0.377. The highest BCUT2D eigenvalue weighted by Gasteiger charge is 2.52. The van der Waals surface area contributed by atoms with Crippen molar-refractivity contribution < 1.29 is 64.5 Å². The second kappa shape index (κ2) is 9.77. The maximum Gasteiger partial charge on any atom is 0.187 e. The lowest BCUT2D eigenvalue weighted by Gasteiger charge is -2.47. The van der Waals surface area contributed by atoms with E-state index in [0.29, 0.717) is 0 Å². The van der Waals surface area contributed by atoms with Crippen LogP contribution in [0.25, 0.3) is 0 Å². The van der Waals surface area contributed by atoms with Crippen molar-refractivity contribution in [3.63, 3.8) is 0 Å². The summed E-state index contributed by atoms with van der Waals surface area (Å²) in [6.07, 6.45) is -20.8. The maximum atomic E-state index is 10.4. The molecule has 0 aromatic heterocycles. The van der Waals surface area contributed by atoms with Crippen LogP contribution < -0.4 is 0 Å². The first-order chi connectivity index (χ1) is 14.4. The molecule has 0 bridgehead atoms. The van der Waals surface area contributed by atoms with Gasteiger partial charge in [-0.2, -0.15) is 0 Å². The fourth-order valence-corrected chi connectivity index (χ4v) is 3.91. The van der Waals surface area contributed by atoms with Crippen molar-refractivity contribution in [2.45, 2.75) is 113 Å². The van der Waals surface area contributed by atoms with Gasteiger partial charge in [-0.05, 0) is 20.8 Å². The van der Waals surface area contributed by atoms with E-state index in [1.165, 1.54) is 20.8 Å². The van der Waals surface area contributed by atoms with Crippen LogP contribution in [0.5, 0.6) is 0 Å². The van der Waals surface area contributed by atoms with E-state index in [1.807, 2.05) is 0 Å². The molecule has 0 spiro atoms. The first-order valence-corrected chi connectivity index (χ1v) is 10.2. The number of aliphatic hydroxyl groups is 8. The summed E-state index contributed by atoms with van der Waals surface area (Å²) < 4.78 is 27.4. The van der Waals surface area contributed by atoms with Gasteiger partial charge in [0.2, 0.25) is 0 Å². The normalized spacial score (nSPS) is 56.4. The highest BCUT2D eigenvalue weighted by molar-refractivity contribution is 4.95. The maximum absolute atomic E-state index is 10.4. The molecule has 0 saturated carbocycles. The molecule has 3 saturated heterocycles. The molecule has 0 amide bonds. The molecule has 13 heteroatoms. The number of hydrogen-bond donors (Lipinski definition) is 8. The van der Waals surface area contributed by atoms with Crippen molar-refractivity contribution >= 4 is 0 Å². The van der Waals surface area contributed by atoms with E-state index >= 15 is 0 Å². The lowest BCUT2D eigenvalue weighted by Crippen LogP contribution is -2.65. The van der Waals surface area contributed by atoms with Gasteiger partial charge in [0.15, 0.2) is 18.9 Å². The van der Waals surface area contributed by atoms with Gasteiger partial charge < -0.3 is 64.5 Å². The summed E-state index contributed by atoms with van der Waals surface area (Å²) in [5.41, 5.74) is 0. The molecule has 15 atom stereocenters. The van der Waals surface area contributed by atoms with Gasteiger partial charge in [-0.1, -0.05) is 0 Å². The number of ether oxygens (including phenoxy) is 5. The Balaban J connectivity index is 1.78. The Bertz CT molecular complexity index is 595. The summed E-state index contributed by atoms with van der Waals surface area (Å²) >= 11 is 0. The zero-order valence-electron chi connectivity index (χ0n) is 17.3. The van der Waals surface area contributed by atoms with Crippen LogP contribution in [0.4, 0.5) is 0 Å². The van der Waals surface area contributed by atoms with Crippen LogP contribution in [0.2, 0.25) is 0 Å². The molecule has 0 aromatic rings. The van der Waals surface area contributed by atoms with E-state index in [1.54, 1.807) is 0 Å². The predicted octanol–water partition coefficient (Wildman–Crippen LogP) is -4.49. The smallest absolute Gasteiger partial charge is 0.187 e. The van der Waals surface area contributed by atoms with Crippen molar-refractivity contribution in [3.8, 4) is 0 Å². The van der Waals surface area contributed by atoms with Crippen LogP contribution in [-0.2, 0) is 23.7 Å². The third-order valence-electron chi connectivity index (χ3n) is 5.97. The largest absolute Gasteiger partial charge is 0.388 e. The standard InChI is InChI=1S/C18H32O13/c1-4-7(19)9(21)11(23)17(28-4)30-14-6(3)27-16(26)13(25)15(14)31-18-12(24)10(22)8(20)5(2)29-18/h4-26H,1-3H3/t4-,5-,6-,7+,8-,9+,10+,11-,12+,13+,14-,15-,16+,17+,18-/m0/s1. The average molecular weight is 456 g/mol. The molecule has 3 aliphatic rings. The number of hydrogen-bond acceptors (Lipinski definition) is 13. The quantitative estimate of drug-likeness (QED) is 0.201. The molecule has 3 rings (SSSR count). The molecule has 3 aliphatic heterocycles. The topological polar surface area (TPSA) is 208 Å². The molecular weight excluding hydrogens is 424 g/mol. The van der Waals surface area contributed by atoms with Crippen LogP contribution >= 0.6 is 0 Å². The molecular formula is C18H32O13. The molecule has 13 nitrogen and oxygen atoms in total. The monoisotopic (exact) mass is 456 g/mol. The Hall–Kier alpha value is -0.520. The van der Waals surface area contributed by atoms with E-state index in [-0.39, 0.29) is 0 Å². The van der Waals surface area contributed by atoms with E-state index < -0.39 is 92.1 Å². The van der Waals surface area contributed by atoms with Gasteiger partial charge in [-0.15, -0.1) is 0 Å². The summed E-state index contributed by atoms with van der Waals surface area (Å²) in [5, 5.41) is 80.6. The van der Waals surface area contributed by atoms with Gasteiger partial charge in [0.05, 0.1) is 18.3 Å². The second-order valence-electron chi connectivity index (χ2n) is 8.29. The van der Waals surface area contributed by atoms with E-state index in [2.05, 4.69) is 0 Å². The Morgan fingerprint density at radius 3 is 1.32 bits per heavy atom. The molecule has 0 unspecified atom stereocenters. The first kappa shape index (κ1) is 25.1. The van der Waals surface area contributed by atoms with Crippen LogP contribution in [0.15, 0.2) is 0 Å². The van der Waals surface area contributed by atoms with Crippen molar-refractivity contribution in [2.24, 2.45) is 0 Å². The van der Waals surface area contributed by atoms with Crippen LogP contribution in [0.1, 0.15) is 20.8 Å². The molecule has 31 heavy (non-hydrogen) atoms. The summed E-state index contributed by atoms with van der Waals surface area (Å²) in [7, 11) is 0. The van der Waals surface area contributed by atoms with Crippen molar-refractivity contribution in [3.05, 3.63) is 0 Å². The van der Waals surface area contributed by atoms with Gasteiger partial charge in [-0.25, -0.2) is 0 Å². The van der Waals surface area contributed by atoms with Gasteiger partial charge in [0.1, 0.15) is 54.9 Å². The van der Waals surface area contributed by atoms with Crippen LogP contribution in [-0.4, -0.2) is 133 Å². The molecule has 8 N–H and O–H groups in total. The lowest BCUT2D eigenvalue weighted by atomic mass is 9.96. The van der Waals surface area contributed by atoms with Crippen LogP contribution in [0.3, 0.4) is 0 Å². The minimum absolute atomic E-state index is 0.890. The highest BCUT2D eigenvalue weighted by atomic mass is 16.8. The first-order valence-electron chi connectivity index (χ1n) is 10.2. The second-order valence-corrected chi connectivity index (χ2v) is 8.29. The minimum atomic E-state index is -1.69. The Morgan fingerprint density at radius 2 is 0.871 bits per heavy atom. The number of rotatable bonds is 4. The van der Waals surface area contributed by atoms with E-state index in [9.17, 15) is 40.9 Å². The zero-order valence-corrected chi connectivity index (χ0v) is 17.3. The SMILES string of the molecule is C[C@@H]1O[C@@H](O[C@H]2[C@@H](O)[C@H](O)O[C@@H](C)[C@@H]2O[C@H]2O[C@@H](C)[C@@H](O)[C@@H](O)[C@@H]2O)[C@H](O)[C@H](O)[C@H]1O. The van der Waals surface area contributed by atoms with E-state index in [4.69, 9.17) is 23.7 Å². The van der Waals surface area contributed by atoms with Crippen LogP contribution in [0, 0.1) is 0 Å². The molecule has 0 aliphatic carbocycles. The summed E-state index contributed by atoms with van der Waals surface area (Å²) in [4.78, 5) is 0. The van der Waals surface area contributed by atoms with Gasteiger partial charge in [0, 0.05) is 0 Å². The van der Waals surface area contributed by atoms with Gasteiger partial charge in [0.25, 0.3) is 0 Å².